The summed E-state index contributed by atoms with van der Waals surface area (Å²) in [5.41, 5.74) is -1.04. The van der Waals surface area contributed by atoms with Gasteiger partial charge >= 0.3 is 0 Å². The smallest absolute Gasteiger partial charge is 0.249 e. The quantitative estimate of drug-likeness (QED) is 0.699. The first-order chi connectivity index (χ1) is 15.3. The van der Waals surface area contributed by atoms with Crippen LogP contribution in [0.5, 0.6) is 0 Å². The molecule has 0 unspecified atom stereocenters. The number of rotatable bonds is 5. The lowest BCUT2D eigenvalue weighted by atomic mass is 9.99. The molecule has 1 aromatic carbocycles. The summed E-state index contributed by atoms with van der Waals surface area (Å²) in [4.78, 5) is 38.9. The second kappa shape index (κ2) is 8.31. The van der Waals surface area contributed by atoms with Crippen LogP contribution in [0.25, 0.3) is 0 Å². The summed E-state index contributed by atoms with van der Waals surface area (Å²) >= 11 is 0. The minimum Gasteiger partial charge on any atom is -0.383 e. The Hall–Kier alpha value is -2.41. The van der Waals surface area contributed by atoms with Gasteiger partial charge in [0.05, 0.1) is 8.22 Å². The monoisotopic (exact) mass is 369 g/mol. The van der Waals surface area contributed by atoms with Crippen LogP contribution in [0, 0.1) is 5.92 Å². The largest absolute Gasteiger partial charge is 0.383 e. The number of likely N-dealkylation sites (N-methyl/N-ethyl adjacent to an activating group) is 1. The Bertz CT molecular complexity index is 1050. The van der Waals surface area contributed by atoms with Crippen molar-refractivity contribution < 1.29 is 30.5 Å². The first kappa shape index (κ1) is 11.3. The van der Waals surface area contributed by atoms with Gasteiger partial charge in [0.15, 0.2) is 0 Å². The first-order valence-electron chi connectivity index (χ1n) is 12.0. The number of nitrogens with zero attached hydrogens (tertiary/aromatic N) is 1. The number of aliphatic hydroxyl groups is 1. The highest BCUT2D eigenvalue weighted by Gasteiger charge is 2.32. The molecule has 7 nitrogen and oxygen atoms in total. The number of hydrogen-bond donors (Lipinski definition) is 3. The van der Waals surface area contributed by atoms with E-state index in [0.29, 0.717) is 4.90 Å². The van der Waals surface area contributed by atoms with Crippen molar-refractivity contribution >= 4 is 17.7 Å². The molecule has 0 radical (unpaired) electrons. The molecule has 0 saturated carbocycles. The van der Waals surface area contributed by atoms with Gasteiger partial charge in [-0.05, 0) is 30.4 Å². The summed E-state index contributed by atoms with van der Waals surface area (Å²) < 4.78 is 65.7. The van der Waals surface area contributed by atoms with Crippen LogP contribution >= 0.6 is 0 Å². The number of carbonyl (C=O) groups is 3. The molecule has 3 atom stereocenters. The van der Waals surface area contributed by atoms with Crippen molar-refractivity contribution in [3.05, 3.63) is 35.3 Å². The Morgan fingerprint density at radius 2 is 2.04 bits per heavy atom. The van der Waals surface area contributed by atoms with Gasteiger partial charge in [-0.3, -0.25) is 14.4 Å². The molecule has 0 saturated heterocycles. The Labute approximate surface area is 165 Å². The van der Waals surface area contributed by atoms with Crippen LogP contribution in [0.2, 0.25) is 0 Å². The standard InChI is InChI=1S/C19H27N3O4/c1-11(2)16(23)18(25)20-12(3)17(24)21-15-14-8-6-5-7-13(14)9-10-22(4)19(15)26/h5-8,11-12,15-16,23H,9-10H2,1-4H3,(H,20,25)(H,21,24)/t12-,15-,16-/m0/s1/i5D,6D,7D,8D,10D2,12D,15D. The summed E-state index contributed by atoms with van der Waals surface area (Å²) in [6, 6.07) is -8.45. The molecule has 3 amide bonds. The van der Waals surface area contributed by atoms with Crippen molar-refractivity contribution in [3.8, 4) is 0 Å². The van der Waals surface area contributed by atoms with Crippen molar-refractivity contribution in [1.82, 2.24) is 15.5 Å². The molecule has 7 heteroatoms. The van der Waals surface area contributed by atoms with E-state index in [1.807, 2.05) is 10.6 Å². The van der Waals surface area contributed by atoms with Gasteiger partial charge in [0.25, 0.3) is 0 Å². The highest BCUT2D eigenvalue weighted by molar-refractivity contribution is 5.93. The maximum absolute atomic E-state index is 13.2. The third kappa shape index (κ3) is 4.40. The molecule has 1 aliphatic rings. The molecular weight excluding hydrogens is 334 g/mol. The molecular formula is C19H27N3O4. The van der Waals surface area contributed by atoms with E-state index in [0.717, 1.165) is 14.0 Å². The van der Waals surface area contributed by atoms with Crippen LogP contribution in [-0.2, 0) is 20.8 Å². The van der Waals surface area contributed by atoms with E-state index in [1.54, 1.807) is 0 Å². The highest BCUT2D eigenvalue weighted by atomic mass is 16.3. The number of carbonyl (C=O) groups excluding carboxylic acids is 3. The summed E-state index contributed by atoms with van der Waals surface area (Å²) in [5, 5.41) is 13.9. The molecule has 3 N–H and O–H groups in total. The van der Waals surface area contributed by atoms with Gasteiger partial charge in [-0.25, -0.2) is 0 Å². The molecule has 0 spiro atoms. The zero-order valence-electron chi connectivity index (χ0n) is 23.0. The Morgan fingerprint density at radius 1 is 1.38 bits per heavy atom. The van der Waals surface area contributed by atoms with E-state index < -0.39 is 84.4 Å². The molecule has 26 heavy (non-hydrogen) atoms. The lowest BCUT2D eigenvalue weighted by Crippen LogP contribution is -2.51. The van der Waals surface area contributed by atoms with E-state index in [1.165, 1.54) is 13.8 Å². The van der Waals surface area contributed by atoms with Gasteiger partial charge < -0.3 is 20.6 Å². The fourth-order valence-electron chi connectivity index (χ4n) is 2.17. The second-order valence-electron chi connectivity index (χ2n) is 6.18. The van der Waals surface area contributed by atoms with Gasteiger partial charge in [0, 0.05) is 16.3 Å². The molecule has 142 valence electrons. The predicted octanol–water partition coefficient (Wildman–Crippen LogP) is 0.380. The molecule has 0 aromatic heterocycles. The molecule has 0 bridgehead atoms. The minimum absolute atomic E-state index is 0.380. The van der Waals surface area contributed by atoms with Gasteiger partial charge in [0.2, 0.25) is 17.7 Å². The average Bonchev–Trinajstić information content (AvgIpc) is 2.78. The number of hydrogen-bond acceptors (Lipinski definition) is 4. The van der Waals surface area contributed by atoms with Crippen LogP contribution in [0.1, 0.15) is 48.9 Å². The number of aliphatic hydroxyl groups excluding tert-OH is 1. The first-order valence-corrected chi connectivity index (χ1v) is 8.00. The lowest BCUT2D eigenvalue weighted by molar-refractivity contribution is -0.137. The number of amides is 3. The van der Waals surface area contributed by atoms with Gasteiger partial charge in [-0.15, -0.1) is 0 Å². The minimum atomic E-state index is -2.95. The molecule has 1 heterocycles. The fraction of sp³-hybridized carbons (Fsp3) is 0.526. The molecule has 1 aliphatic heterocycles. The van der Waals surface area contributed by atoms with E-state index in [-0.39, 0.29) is 5.56 Å². The number of fused-ring (bicyclic) bond motifs is 1. The summed E-state index contributed by atoms with van der Waals surface area (Å²) in [5.74, 6) is -4.33. The number of benzene rings is 1. The summed E-state index contributed by atoms with van der Waals surface area (Å²) in [7, 11) is 1.01. The van der Waals surface area contributed by atoms with Crippen molar-refractivity contribution in [2.45, 2.75) is 45.3 Å². The zero-order chi connectivity index (χ0) is 26.5. The van der Waals surface area contributed by atoms with E-state index in [4.69, 9.17) is 11.0 Å². The third-order valence-electron chi connectivity index (χ3n) is 3.82. The van der Waals surface area contributed by atoms with E-state index in [2.05, 4.69) is 0 Å². The maximum atomic E-state index is 13.2. The Kier molecular flexibility index (Phi) is 3.62. The summed E-state index contributed by atoms with van der Waals surface area (Å²) in [6.45, 7) is 1.52. The zero-order valence-corrected chi connectivity index (χ0v) is 15.0. The van der Waals surface area contributed by atoms with Crippen molar-refractivity contribution in [1.29, 1.82) is 0 Å². The summed E-state index contributed by atoms with van der Waals surface area (Å²) in [6.07, 6.45) is -2.24. The SMILES string of the molecule is [2H]c1c([2H])c([2H])c2c(c1[2H])CC([2H])([2H])N(C)C(=O)[C@@]2([2H])NC(=O)[C@]([2H])(C)NC(=O)[C@@H](O)C(C)C. The second-order valence-corrected chi connectivity index (χ2v) is 6.18. The van der Waals surface area contributed by atoms with Crippen LogP contribution < -0.4 is 10.6 Å². The predicted molar refractivity (Wildman–Crippen MR) is 97.1 cm³/mol. The van der Waals surface area contributed by atoms with Crippen molar-refractivity contribution in [2.75, 3.05) is 13.5 Å². The Morgan fingerprint density at radius 3 is 2.69 bits per heavy atom. The van der Waals surface area contributed by atoms with Gasteiger partial charge in [-0.1, -0.05) is 38.0 Å². The van der Waals surface area contributed by atoms with Crippen LogP contribution in [-0.4, -0.2) is 53.4 Å². The van der Waals surface area contributed by atoms with Gasteiger partial charge in [0.1, 0.15) is 18.1 Å². The van der Waals surface area contributed by atoms with Crippen molar-refractivity contribution in [2.24, 2.45) is 5.92 Å². The van der Waals surface area contributed by atoms with Crippen LogP contribution in [0.3, 0.4) is 0 Å². The molecule has 1 aromatic rings. The molecule has 2 rings (SSSR count). The maximum Gasteiger partial charge on any atom is 0.249 e. The Balaban J connectivity index is 2.65. The van der Waals surface area contributed by atoms with Crippen LogP contribution in [0.15, 0.2) is 24.2 Å². The lowest BCUT2D eigenvalue weighted by Gasteiger charge is -2.24. The van der Waals surface area contributed by atoms with Crippen molar-refractivity contribution in [3.63, 3.8) is 0 Å². The number of nitrogens with one attached hydrogen (secondary N) is 2. The van der Waals surface area contributed by atoms with Gasteiger partial charge in [-0.2, -0.15) is 0 Å². The highest BCUT2D eigenvalue weighted by Crippen LogP contribution is 2.24. The van der Waals surface area contributed by atoms with E-state index in [9.17, 15) is 19.5 Å². The average molecular weight is 369 g/mol. The normalized spacial score (nSPS) is 29.8. The third-order valence-corrected chi connectivity index (χ3v) is 3.82. The fourth-order valence-corrected chi connectivity index (χ4v) is 2.17. The topological polar surface area (TPSA) is 98.7 Å². The molecule has 0 fully saturated rings. The van der Waals surface area contributed by atoms with Crippen LogP contribution in [0.4, 0.5) is 0 Å². The van der Waals surface area contributed by atoms with E-state index >= 15 is 0 Å². The molecule has 0 aliphatic carbocycles.